The second kappa shape index (κ2) is 7.89. The van der Waals surface area contributed by atoms with Gasteiger partial charge in [0.15, 0.2) is 0 Å². The number of nitrogens with one attached hydrogen (secondary N) is 2. The molecule has 1 aromatic carbocycles. The van der Waals surface area contributed by atoms with Crippen molar-refractivity contribution >= 4 is 21.8 Å². The molecule has 1 aromatic rings. The van der Waals surface area contributed by atoms with Crippen LogP contribution in [-0.4, -0.2) is 37.6 Å². The van der Waals surface area contributed by atoms with Crippen molar-refractivity contribution in [1.29, 1.82) is 0 Å². The van der Waals surface area contributed by atoms with Crippen LogP contribution in [0.2, 0.25) is 0 Å². The summed E-state index contributed by atoms with van der Waals surface area (Å²) in [6.07, 6.45) is 9.67. The number of sulfonamides is 1. The number of hydrogen-bond donors (Lipinski definition) is 2. The molecule has 2 amide bonds. The molecule has 0 unspecified atom stereocenters. The first-order valence-electron chi connectivity index (χ1n) is 11.5. The van der Waals surface area contributed by atoms with Gasteiger partial charge in [0.25, 0.3) is 5.91 Å². The van der Waals surface area contributed by atoms with Crippen molar-refractivity contribution in [3.63, 3.8) is 0 Å². The lowest BCUT2D eigenvalue weighted by molar-refractivity contribution is -0.130. The summed E-state index contributed by atoms with van der Waals surface area (Å²) in [5.41, 5.74) is 5.51. The van der Waals surface area contributed by atoms with Crippen molar-refractivity contribution < 1.29 is 18.0 Å². The second-order valence-corrected chi connectivity index (χ2v) is 12.2. The zero-order chi connectivity index (χ0) is 21.6. The van der Waals surface area contributed by atoms with Gasteiger partial charge in [0.05, 0.1) is 4.90 Å². The summed E-state index contributed by atoms with van der Waals surface area (Å²) in [4.78, 5) is 25.2. The molecule has 4 bridgehead atoms. The van der Waals surface area contributed by atoms with Crippen molar-refractivity contribution in [2.45, 2.75) is 62.7 Å². The monoisotopic (exact) mass is 445 g/mol. The van der Waals surface area contributed by atoms with Gasteiger partial charge in [-0.1, -0.05) is 0 Å². The Hall–Kier alpha value is -1.93. The van der Waals surface area contributed by atoms with Crippen LogP contribution in [0, 0.1) is 23.2 Å². The Balaban J connectivity index is 1.16. The van der Waals surface area contributed by atoms with E-state index in [4.69, 9.17) is 0 Å². The number of nitrogens with zero attached hydrogens (tertiary/aromatic N) is 1. The predicted molar refractivity (Wildman–Crippen MR) is 115 cm³/mol. The van der Waals surface area contributed by atoms with Crippen LogP contribution in [0.5, 0.6) is 0 Å². The Morgan fingerprint density at radius 2 is 1.45 bits per heavy atom. The number of amides is 2. The third-order valence-electron chi connectivity index (χ3n) is 7.84. The third-order valence-corrected chi connectivity index (χ3v) is 9.75. The standard InChI is InChI=1S/C23H31N3O4S/c27-21(15-23-12-16-9-17(13-23)11-18(10-16)14-23)24-25-22(28)19-3-5-20(6-4-19)31(29,30)26-7-1-2-8-26/h3-6,16-18H,1-2,7-15H2,(H,24,27)(H,25,28). The minimum Gasteiger partial charge on any atom is -0.273 e. The molecule has 4 saturated carbocycles. The molecule has 0 spiro atoms. The lowest BCUT2D eigenvalue weighted by Crippen LogP contribution is -2.50. The molecule has 0 atom stereocenters. The number of hydrogen-bond acceptors (Lipinski definition) is 4. The van der Waals surface area contributed by atoms with E-state index in [9.17, 15) is 18.0 Å². The normalized spacial score (nSPS) is 32.2. The van der Waals surface area contributed by atoms with Crippen LogP contribution >= 0.6 is 0 Å². The highest BCUT2D eigenvalue weighted by Gasteiger charge is 2.51. The van der Waals surface area contributed by atoms with Crippen LogP contribution in [0.4, 0.5) is 0 Å². The minimum atomic E-state index is -3.50. The van der Waals surface area contributed by atoms with Crippen molar-refractivity contribution in [3.05, 3.63) is 29.8 Å². The summed E-state index contributed by atoms with van der Waals surface area (Å²) in [6, 6.07) is 5.90. The van der Waals surface area contributed by atoms with Crippen LogP contribution in [0.3, 0.4) is 0 Å². The van der Waals surface area contributed by atoms with Crippen molar-refractivity contribution in [2.24, 2.45) is 23.2 Å². The summed E-state index contributed by atoms with van der Waals surface area (Å²) < 4.78 is 26.7. The molecule has 7 nitrogen and oxygen atoms in total. The van der Waals surface area contributed by atoms with E-state index in [1.54, 1.807) is 0 Å². The van der Waals surface area contributed by atoms with Crippen LogP contribution in [-0.2, 0) is 14.8 Å². The highest BCUT2D eigenvalue weighted by molar-refractivity contribution is 7.89. The smallest absolute Gasteiger partial charge is 0.269 e. The number of rotatable bonds is 5. The maximum Gasteiger partial charge on any atom is 0.269 e. The Morgan fingerprint density at radius 1 is 0.903 bits per heavy atom. The molecule has 6 rings (SSSR count). The molecule has 4 aliphatic carbocycles. The van der Waals surface area contributed by atoms with Crippen LogP contribution in [0.1, 0.15) is 68.1 Å². The maximum absolute atomic E-state index is 12.6. The summed E-state index contributed by atoms with van der Waals surface area (Å²) in [5, 5.41) is 0. The highest BCUT2D eigenvalue weighted by Crippen LogP contribution is 2.61. The molecule has 2 N–H and O–H groups in total. The van der Waals surface area contributed by atoms with E-state index in [2.05, 4.69) is 10.9 Å². The van der Waals surface area contributed by atoms with Crippen molar-refractivity contribution in [3.8, 4) is 0 Å². The largest absolute Gasteiger partial charge is 0.273 e. The molecule has 5 fully saturated rings. The van der Waals surface area contributed by atoms with Gasteiger partial charge in [0.2, 0.25) is 15.9 Å². The van der Waals surface area contributed by atoms with Gasteiger partial charge in [-0.15, -0.1) is 0 Å². The van der Waals surface area contributed by atoms with Gasteiger partial charge in [-0.05, 0) is 98.8 Å². The first-order valence-corrected chi connectivity index (χ1v) is 13.0. The number of carbonyl (C=O) groups is 2. The third kappa shape index (κ3) is 4.12. The maximum atomic E-state index is 12.6. The molecule has 1 heterocycles. The Morgan fingerprint density at radius 3 is 2.00 bits per heavy atom. The van der Waals surface area contributed by atoms with Crippen LogP contribution in [0.15, 0.2) is 29.2 Å². The molecule has 0 radical (unpaired) electrons. The number of benzene rings is 1. The molecule has 5 aliphatic rings. The Bertz CT molecular complexity index is 932. The first kappa shape index (κ1) is 20.9. The SMILES string of the molecule is O=C(CC12CC3CC(CC(C3)C1)C2)NNC(=O)c1ccc(S(=O)(=O)N2CCCC2)cc1. The van der Waals surface area contributed by atoms with E-state index < -0.39 is 15.9 Å². The minimum absolute atomic E-state index is 0.120. The lowest BCUT2D eigenvalue weighted by atomic mass is 9.49. The first-order chi connectivity index (χ1) is 14.8. The molecule has 1 aliphatic heterocycles. The average molecular weight is 446 g/mol. The summed E-state index contributed by atoms with van der Waals surface area (Å²) >= 11 is 0. The summed E-state index contributed by atoms with van der Waals surface area (Å²) in [5.74, 6) is 1.77. The van der Waals surface area contributed by atoms with E-state index in [-0.39, 0.29) is 16.2 Å². The van der Waals surface area contributed by atoms with Gasteiger partial charge in [0.1, 0.15) is 0 Å². The lowest BCUT2D eigenvalue weighted by Gasteiger charge is -2.56. The van der Waals surface area contributed by atoms with E-state index in [1.165, 1.54) is 47.8 Å². The van der Waals surface area contributed by atoms with Gasteiger partial charge < -0.3 is 0 Å². The van der Waals surface area contributed by atoms with Crippen molar-refractivity contribution in [1.82, 2.24) is 15.2 Å². The average Bonchev–Trinajstić information content (AvgIpc) is 3.26. The van der Waals surface area contributed by atoms with E-state index in [1.807, 2.05) is 0 Å². The summed E-state index contributed by atoms with van der Waals surface area (Å²) in [6.45, 7) is 1.08. The summed E-state index contributed by atoms with van der Waals surface area (Å²) in [7, 11) is -3.50. The Kier molecular flexibility index (Phi) is 5.33. The number of hydrazine groups is 1. The van der Waals surface area contributed by atoms with Gasteiger partial charge in [-0.3, -0.25) is 20.4 Å². The Labute approximate surface area is 184 Å². The molecule has 1 saturated heterocycles. The second-order valence-electron chi connectivity index (χ2n) is 10.2. The van der Waals surface area contributed by atoms with Gasteiger partial charge in [-0.2, -0.15) is 4.31 Å². The molecule has 168 valence electrons. The topological polar surface area (TPSA) is 95.6 Å². The zero-order valence-electron chi connectivity index (χ0n) is 17.8. The molecular weight excluding hydrogens is 414 g/mol. The van der Waals surface area contributed by atoms with Crippen molar-refractivity contribution in [2.75, 3.05) is 13.1 Å². The van der Waals surface area contributed by atoms with E-state index >= 15 is 0 Å². The van der Waals surface area contributed by atoms with Gasteiger partial charge >= 0.3 is 0 Å². The van der Waals surface area contributed by atoms with E-state index in [0.717, 1.165) is 49.9 Å². The predicted octanol–water partition coefficient (Wildman–Crippen LogP) is 2.84. The molecular formula is C23H31N3O4S. The van der Waals surface area contributed by atoms with Crippen LogP contribution in [0.25, 0.3) is 0 Å². The fraction of sp³-hybridized carbons (Fsp3) is 0.652. The molecule has 31 heavy (non-hydrogen) atoms. The van der Waals surface area contributed by atoms with Gasteiger partial charge in [0, 0.05) is 25.1 Å². The zero-order valence-corrected chi connectivity index (χ0v) is 18.6. The van der Waals surface area contributed by atoms with Gasteiger partial charge in [-0.25, -0.2) is 8.42 Å². The number of carbonyl (C=O) groups excluding carboxylic acids is 2. The fourth-order valence-electron chi connectivity index (χ4n) is 6.95. The highest BCUT2D eigenvalue weighted by atomic mass is 32.2. The quantitative estimate of drug-likeness (QED) is 0.682. The molecule has 0 aromatic heterocycles. The fourth-order valence-corrected chi connectivity index (χ4v) is 8.46. The molecule has 8 heteroatoms. The van der Waals surface area contributed by atoms with E-state index in [0.29, 0.717) is 25.1 Å². The van der Waals surface area contributed by atoms with Crippen LogP contribution < -0.4 is 10.9 Å².